The fourth-order valence-corrected chi connectivity index (χ4v) is 3.08. The van der Waals surface area contributed by atoms with Gasteiger partial charge < -0.3 is 14.8 Å². The highest BCUT2D eigenvalue weighted by Gasteiger charge is 2.15. The Morgan fingerprint density at radius 2 is 1.86 bits per heavy atom. The fraction of sp³-hybridized carbons (Fsp3) is 0.538. The van der Waals surface area contributed by atoms with Crippen LogP contribution in [0.1, 0.15) is 5.56 Å². The minimum atomic E-state index is -3.12. The lowest BCUT2D eigenvalue weighted by Crippen LogP contribution is -2.30. The van der Waals surface area contributed by atoms with Gasteiger partial charge in [0.2, 0.25) is 10.0 Å². The van der Waals surface area contributed by atoms with Crippen molar-refractivity contribution in [2.75, 3.05) is 38.8 Å². The van der Waals surface area contributed by atoms with E-state index >= 15 is 0 Å². The summed E-state index contributed by atoms with van der Waals surface area (Å²) < 4.78 is 35.5. The van der Waals surface area contributed by atoms with Gasteiger partial charge in [0.25, 0.3) is 0 Å². The molecule has 0 unspecified atom stereocenters. The quantitative estimate of drug-likeness (QED) is 0.569. The molecule has 2 rings (SSSR count). The van der Waals surface area contributed by atoms with Crippen LogP contribution in [0.3, 0.4) is 0 Å². The summed E-state index contributed by atoms with van der Waals surface area (Å²) in [6.07, 6.45) is 3.17. The summed E-state index contributed by atoms with van der Waals surface area (Å²) in [6.45, 7) is 2.73. The zero-order valence-electron chi connectivity index (χ0n) is 12.1. The van der Waals surface area contributed by atoms with Crippen LogP contribution in [-0.4, -0.2) is 47.2 Å². The normalized spacial score (nSPS) is 14.2. The Labute approximate surface area is 129 Å². The SMILES string of the molecule is CSc1cc2c(cc1CNCCNS(C)(=O)=O)OCCO2. The van der Waals surface area contributed by atoms with Crippen LogP contribution in [0, 0.1) is 0 Å². The molecule has 1 aromatic rings. The van der Waals surface area contributed by atoms with Crippen molar-refractivity contribution in [3.8, 4) is 11.5 Å². The minimum absolute atomic E-state index is 0.373. The maximum absolute atomic E-state index is 11.0. The number of hydrogen-bond acceptors (Lipinski definition) is 6. The number of ether oxygens (including phenoxy) is 2. The Morgan fingerprint density at radius 3 is 2.48 bits per heavy atom. The molecule has 6 nitrogen and oxygen atoms in total. The summed E-state index contributed by atoms with van der Waals surface area (Å²) >= 11 is 1.65. The van der Waals surface area contributed by atoms with E-state index < -0.39 is 10.0 Å². The topological polar surface area (TPSA) is 76.7 Å². The molecular formula is C13H20N2O4S2. The molecule has 1 aromatic carbocycles. The third kappa shape index (κ3) is 5.06. The number of benzene rings is 1. The van der Waals surface area contributed by atoms with Crippen LogP contribution in [0.5, 0.6) is 11.5 Å². The van der Waals surface area contributed by atoms with Crippen molar-refractivity contribution in [3.63, 3.8) is 0 Å². The number of sulfonamides is 1. The van der Waals surface area contributed by atoms with E-state index in [-0.39, 0.29) is 0 Å². The molecule has 8 heteroatoms. The lowest BCUT2D eigenvalue weighted by atomic mass is 10.2. The van der Waals surface area contributed by atoms with E-state index in [0.717, 1.165) is 28.2 Å². The van der Waals surface area contributed by atoms with E-state index in [1.54, 1.807) is 11.8 Å². The molecule has 0 radical (unpaired) electrons. The average molecular weight is 332 g/mol. The van der Waals surface area contributed by atoms with Gasteiger partial charge in [-0.3, -0.25) is 0 Å². The molecule has 0 spiro atoms. The number of thioether (sulfide) groups is 1. The molecule has 2 N–H and O–H groups in total. The molecular weight excluding hydrogens is 312 g/mol. The maximum atomic E-state index is 11.0. The van der Waals surface area contributed by atoms with Crippen molar-refractivity contribution in [3.05, 3.63) is 17.7 Å². The highest BCUT2D eigenvalue weighted by molar-refractivity contribution is 7.98. The van der Waals surface area contributed by atoms with Crippen molar-refractivity contribution >= 4 is 21.8 Å². The Hall–Kier alpha value is -0.960. The number of rotatable bonds is 7. The second-order valence-electron chi connectivity index (χ2n) is 4.65. The summed E-state index contributed by atoms with van der Waals surface area (Å²) in [5.41, 5.74) is 1.12. The first-order valence-corrected chi connectivity index (χ1v) is 9.73. The highest BCUT2D eigenvalue weighted by atomic mass is 32.2. The third-order valence-corrected chi connectivity index (χ3v) is 4.48. The van der Waals surface area contributed by atoms with E-state index in [4.69, 9.17) is 9.47 Å². The summed E-state index contributed by atoms with van der Waals surface area (Å²) in [5, 5.41) is 3.22. The van der Waals surface area contributed by atoms with Crippen molar-refractivity contribution in [2.45, 2.75) is 11.4 Å². The van der Waals surface area contributed by atoms with Gasteiger partial charge in [-0.15, -0.1) is 11.8 Å². The van der Waals surface area contributed by atoms with Crippen molar-refractivity contribution < 1.29 is 17.9 Å². The Bertz CT molecular complexity index is 590. The van der Waals surface area contributed by atoms with Crippen LogP contribution in [0.4, 0.5) is 0 Å². The summed E-state index contributed by atoms with van der Waals surface area (Å²) in [6, 6.07) is 3.97. The summed E-state index contributed by atoms with van der Waals surface area (Å²) in [7, 11) is -3.12. The zero-order valence-corrected chi connectivity index (χ0v) is 13.8. The van der Waals surface area contributed by atoms with Gasteiger partial charge in [-0.1, -0.05) is 0 Å². The molecule has 1 aliphatic heterocycles. The molecule has 0 amide bonds. The van der Waals surface area contributed by atoms with Gasteiger partial charge in [0, 0.05) is 24.5 Å². The van der Waals surface area contributed by atoms with Crippen LogP contribution >= 0.6 is 11.8 Å². The van der Waals surface area contributed by atoms with Gasteiger partial charge in [-0.2, -0.15) is 0 Å². The highest BCUT2D eigenvalue weighted by Crippen LogP contribution is 2.36. The van der Waals surface area contributed by atoms with Crippen LogP contribution < -0.4 is 19.5 Å². The second-order valence-corrected chi connectivity index (χ2v) is 7.33. The third-order valence-electron chi connectivity index (χ3n) is 2.93. The molecule has 0 aliphatic carbocycles. The molecule has 1 heterocycles. The van der Waals surface area contributed by atoms with Gasteiger partial charge >= 0.3 is 0 Å². The molecule has 118 valence electrons. The Morgan fingerprint density at radius 1 is 1.19 bits per heavy atom. The lowest BCUT2D eigenvalue weighted by Gasteiger charge is -2.21. The van der Waals surface area contributed by atoms with Crippen LogP contribution in [0.25, 0.3) is 0 Å². The standard InChI is InChI=1S/C13H20N2O4S2/c1-20-13-8-12-11(18-5-6-19-12)7-10(13)9-14-3-4-15-21(2,16)17/h7-8,14-15H,3-6,9H2,1-2H3. The van der Waals surface area contributed by atoms with Crippen LogP contribution in [-0.2, 0) is 16.6 Å². The fourth-order valence-electron chi connectivity index (χ4n) is 1.99. The largest absolute Gasteiger partial charge is 0.486 e. The lowest BCUT2D eigenvalue weighted by molar-refractivity contribution is 0.171. The number of hydrogen-bond donors (Lipinski definition) is 2. The van der Waals surface area contributed by atoms with E-state index in [2.05, 4.69) is 10.0 Å². The Kier molecular flexibility index (Phi) is 5.74. The molecule has 0 saturated carbocycles. The van der Waals surface area contributed by atoms with E-state index in [0.29, 0.717) is 32.8 Å². The molecule has 1 aliphatic rings. The zero-order chi connectivity index (χ0) is 15.3. The summed E-state index contributed by atoms with van der Waals surface area (Å²) in [4.78, 5) is 1.13. The van der Waals surface area contributed by atoms with E-state index in [1.807, 2.05) is 18.4 Å². The first-order valence-electron chi connectivity index (χ1n) is 6.61. The molecule has 21 heavy (non-hydrogen) atoms. The van der Waals surface area contributed by atoms with Crippen LogP contribution in [0.15, 0.2) is 17.0 Å². The molecule has 0 aromatic heterocycles. The number of nitrogens with one attached hydrogen (secondary N) is 2. The van der Waals surface area contributed by atoms with Crippen molar-refractivity contribution in [1.82, 2.24) is 10.0 Å². The second kappa shape index (κ2) is 7.35. The molecule has 0 atom stereocenters. The smallest absolute Gasteiger partial charge is 0.208 e. The summed E-state index contributed by atoms with van der Waals surface area (Å²) in [5.74, 6) is 1.55. The predicted octanol–water partition coefficient (Wildman–Crippen LogP) is 0.818. The maximum Gasteiger partial charge on any atom is 0.208 e. The minimum Gasteiger partial charge on any atom is -0.486 e. The van der Waals surface area contributed by atoms with Crippen LogP contribution in [0.2, 0.25) is 0 Å². The van der Waals surface area contributed by atoms with Gasteiger partial charge in [-0.25, -0.2) is 13.1 Å². The van der Waals surface area contributed by atoms with E-state index in [9.17, 15) is 8.42 Å². The first kappa shape index (κ1) is 16.4. The first-order chi connectivity index (χ1) is 9.99. The number of fused-ring (bicyclic) bond motifs is 1. The van der Waals surface area contributed by atoms with Gasteiger partial charge in [0.05, 0.1) is 6.26 Å². The average Bonchev–Trinajstić information content (AvgIpc) is 2.44. The van der Waals surface area contributed by atoms with Gasteiger partial charge in [0.15, 0.2) is 11.5 Å². The van der Waals surface area contributed by atoms with Gasteiger partial charge in [0.1, 0.15) is 13.2 Å². The Balaban J connectivity index is 1.93. The monoisotopic (exact) mass is 332 g/mol. The van der Waals surface area contributed by atoms with Crippen molar-refractivity contribution in [2.24, 2.45) is 0 Å². The van der Waals surface area contributed by atoms with E-state index in [1.165, 1.54) is 0 Å². The molecule has 0 fully saturated rings. The van der Waals surface area contributed by atoms with Gasteiger partial charge in [-0.05, 0) is 24.0 Å². The molecule has 0 bridgehead atoms. The molecule has 0 saturated heterocycles. The predicted molar refractivity (Wildman–Crippen MR) is 83.8 cm³/mol. The van der Waals surface area contributed by atoms with Crippen molar-refractivity contribution in [1.29, 1.82) is 0 Å².